The van der Waals surface area contributed by atoms with Gasteiger partial charge in [0.15, 0.2) is 0 Å². The van der Waals surface area contributed by atoms with Gasteiger partial charge < -0.3 is 30.8 Å². The van der Waals surface area contributed by atoms with Crippen molar-refractivity contribution in [1.29, 1.82) is 0 Å². The van der Waals surface area contributed by atoms with Crippen molar-refractivity contribution >= 4 is 69.1 Å². The van der Waals surface area contributed by atoms with Crippen molar-refractivity contribution in [3.63, 3.8) is 0 Å². The van der Waals surface area contributed by atoms with E-state index in [1.54, 1.807) is 6.07 Å². The number of fused-ring (bicyclic) bond motifs is 11. The maximum atomic E-state index is 13.8. The molecule has 3 unspecified atom stereocenters. The summed E-state index contributed by atoms with van der Waals surface area (Å²) in [5.74, 6) is -2.44. The molecule has 12 nitrogen and oxygen atoms in total. The van der Waals surface area contributed by atoms with Crippen molar-refractivity contribution < 1.29 is 29.4 Å². The molecule has 6 heterocycles. The number of hydrogen-bond acceptors (Lipinski definition) is 7. The van der Waals surface area contributed by atoms with Crippen molar-refractivity contribution in [2.45, 2.75) is 96.9 Å². The Hall–Kier alpha value is -6.30. The number of carbonyl (C=O) groups is 4. The van der Waals surface area contributed by atoms with Crippen LogP contribution in [-0.2, 0) is 38.1 Å². The molecule has 8 bridgehead atoms. The molecule has 4 aliphatic rings. The first-order valence-corrected chi connectivity index (χ1v) is 19.9. The molecule has 0 saturated carbocycles. The Morgan fingerprint density at radius 1 is 0.897 bits per heavy atom. The standard InChI is InChI=1S/C46H48N6O6/c1-8-26-22(3)32-18-33-23(4)27(11-14-39(54)55)34(48-33)19-35-28(12-15-40(56)57)24(5)41(50-35)29-17-30(44(47)58)43-46(9-2)42(29)51-38(20-36(26)49-32)45(46,6)31-16-25(21-53)10-13-37(31)52(43)7/h10,13,16-21,43,48-49H,8-9,11-12,14-15H2,1-7H3,(H2,47,58)(H,54,55)(H,56,57). The third-order valence-corrected chi connectivity index (χ3v) is 13.6. The number of H-pyrrole nitrogens is 2. The van der Waals surface area contributed by atoms with Crippen LogP contribution in [0.5, 0.6) is 0 Å². The summed E-state index contributed by atoms with van der Waals surface area (Å²) in [5, 5.41) is 19.6. The smallest absolute Gasteiger partial charge is 0.303 e. The van der Waals surface area contributed by atoms with Crippen LogP contribution in [0.1, 0.15) is 120 Å². The fourth-order valence-corrected chi connectivity index (χ4v) is 10.6. The van der Waals surface area contributed by atoms with Gasteiger partial charge in [0, 0.05) is 64.3 Å². The van der Waals surface area contributed by atoms with E-state index in [4.69, 9.17) is 15.7 Å². The number of carbonyl (C=O) groups excluding carboxylic acids is 2. The molecule has 3 atom stereocenters. The minimum absolute atomic E-state index is 0.0772. The lowest BCUT2D eigenvalue weighted by Gasteiger charge is -2.58. The number of aryl methyl sites for hydroxylation is 4. The van der Waals surface area contributed by atoms with Gasteiger partial charge in [0.25, 0.3) is 0 Å². The number of likely N-dealkylation sites (N-methyl/N-ethyl adjacent to an activating group) is 1. The van der Waals surface area contributed by atoms with Gasteiger partial charge in [-0.25, -0.2) is 4.98 Å². The van der Waals surface area contributed by atoms with Gasteiger partial charge in [0.1, 0.15) is 6.29 Å². The Bertz CT molecular complexity index is 2750. The van der Waals surface area contributed by atoms with Crippen LogP contribution in [0, 0.1) is 13.8 Å². The van der Waals surface area contributed by atoms with Crippen LogP contribution < -0.4 is 10.6 Å². The molecule has 8 rings (SSSR count). The summed E-state index contributed by atoms with van der Waals surface area (Å²) in [6, 6.07) is 11.2. The Labute approximate surface area is 335 Å². The molecular weight excluding hydrogens is 733 g/mol. The van der Waals surface area contributed by atoms with Gasteiger partial charge in [-0.15, -0.1) is 0 Å². The summed E-state index contributed by atoms with van der Waals surface area (Å²) in [7, 11) is 1.96. The van der Waals surface area contributed by atoms with E-state index in [0.717, 1.165) is 85.3 Å². The predicted octanol–water partition coefficient (Wildman–Crippen LogP) is 7.47. The van der Waals surface area contributed by atoms with Gasteiger partial charge >= 0.3 is 11.9 Å². The van der Waals surface area contributed by atoms with Crippen LogP contribution in [0.3, 0.4) is 0 Å². The Balaban J connectivity index is 1.63. The minimum Gasteiger partial charge on any atom is -0.481 e. The third-order valence-electron chi connectivity index (χ3n) is 13.6. The van der Waals surface area contributed by atoms with E-state index < -0.39 is 34.7 Å². The zero-order valence-corrected chi connectivity index (χ0v) is 33.9. The second-order valence-corrected chi connectivity index (χ2v) is 16.2. The number of aldehydes is 1. The molecule has 3 aromatic heterocycles. The lowest BCUT2D eigenvalue weighted by Crippen LogP contribution is -2.64. The number of aromatic nitrogens is 4. The third kappa shape index (κ3) is 5.33. The number of nitrogens with zero attached hydrogens (tertiary/aromatic N) is 3. The Morgan fingerprint density at radius 3 is 2.17 bits per heavy atom. The summed E-state index contributed by atoms with van der Waals surface area (Å²) < 4.78 is 0. The Kier molecular flexibility index (Phi) is 9.09. The molecule has 12 heteroatoms. The molecule has 6 N–H and O–H groups in total. The van der Waals surface area contributed by atoms with Crippen LogP contribution in [0.25, 0.3) is 39.3 Å². The number of nitrogens with one attached hydrogen (secondary N) is 2. The van der Waals surface area contributed by atoms with E-state index in [1.807, 2.05) is 45.2 Å². The number of allylic oxidation sites excluding steroid dienone is 2. The number of primary amides is 1. The van der Waals surface area contributed by atoms with Gasteiger partial charge in [-0.05, 0) is 135 Å². The van der Waals surface area contributed by atoms with E-state index in [2.05, 4.69) is 54.7 Å². The van der Waals surface area contributed by atoms with Gasteiger partial charge in [0.2, 0.25) is 5.91 Å². The molecule has 0 spiro atoms. The van der Waals surface area contributed by atoms with E-state index in [0.29, 0.717) is 40.0 Å². The van der Waals surface area contributed by atoms with E-state index in [1.165, 1.54) is 0 Å². The molecule has 298 valence electrons. The number of carboxylic acid groups (broad SMARTS) is 2. The SMILES string of the molecule is CCc1c(C)c2cc3[nH]c(cc4nc(c5c6nc(cc1[nH]2)C1(C)c2cc(C=O)ccc2N(C)C(C(C(N)=O)=C5)C61CC)C(C)=C4CCC(=O)O)c(CCC(=O)O)c3C. The first kappa shape index (κ1) is 38.6. The number of benzene rings is 1. The monoisotopic (exact) mass is 780 g/mol. The van der Waals surface area contributed by atoms with Crippen LogP contribution in [0.4, 0.5) is 5.69 Å². The Morgan fingerprint density at radius 2 is 1.55 bits per heavy atom. The quantitative estimate of drug-likeness (QED) is 0.101. The second kappa shape index (κ2) is 13.7. The zero-order chi connectivity index (χ0) is 41.6. The highest BCUT2D eigenvalue weighted by molar-refractivity contribution is 6.04. The number of aromatic amines is 2. The highest BCUT2D eigenvalue weighted by Crippen LogP contribution is 2.64. The normalized spacial score (nSPS) is 20.5. The summed E-state index contributed by atoms with van der Waals surface area (Å²) >= 11 is 0. The van der Waals surface area contributed by atoms with E-state index in [9.17, 15) is 29.4 Å². The lowest BCUT2D eigenvalue weighted by molar-refractivity contribution is -0.137. The summed E-state index contributed by atoms with van der Waals surface area (Å²) in [4.78, 5) is 70.4. The van der Waals surface area contributed by atoms with Crippen LogP contribution in [0.15, 0.2) is 42.0 Å². The zero-order valence-electron chi connectivity index (χ0n) is 33.9. The van der Waals surface area contributed by atoms with Crippen molar-refractivity contribution in [1.82, 2.24) is 19.9 Å². The predicted molar refractivity (Wildman–Crippen MR) is 225 cm³/mol. The van der Waals surface area contributed by atoms with E-state index in [-0.39, 0.29) is 25.7 Å². The van der Waals surface area contributed by atoms with Crippen LogP contribution in [-0.4, -0.2) is 67.4 Å². The molecule has 58 heavy (non-hydrogen) atoms. The molecule has 1 amide bonds. The number of aliphatic carboxylic acids is 2. The molecular formula is C46H48N6O6. The summed E-state index contributed by atoms with van der Waals surface area (Å²) in [5.41, 5.74) is 19.2. The number of anilines is 1. The maximum Gasteiger partial charge on any atom is 0.303 e. The molecule has 3 aliphatic heterocycles. The van der Waals surface area contributed by atoms with Crippen molar-refractivity contribution in [2.24, 2.45) is 5.73 Å². The highest BCUT2D eigenvalue weighted by atomic mass is 16.4. The van der Waals surface area contributed by atoms with Gasteiger partial charge in [-0.2, -0.15) is 0 Å². The largest absolute Gasteiger partial charge is 0.481 e. The number of carboxylic acids is 2. The fourth-order valence-electron chi connectivity index (χ4n) is 10.6. The van der Waals surface area contributed by atoms with Crippen molar-refractivity contribution in [3.8, 4) is 0 Å². The van der Waals surface area contributed by atoms with Crippen LogP contribution in [0.2, 0.25) is 0 Å². The lowest BCUT2D eigenvalue weighted by atomic mass is 9.49. The maximum absolute atomic E-state index is 13.8. The number of rotatable bonds is 10. The summed E-state index contributed by atoms with van der Waals surface area (Å²) in [6.07, 6.45) is 4.19. The fraction of sp³-hybridized carbons (Fsp3) is 0.348. The van der Waals surface area contributed by atoms with Gasteiger partial charge in [0.05, 0.1) is 39.6 Å². The molecule has 0 fully saturated rings. The number of hydrogen-bond donors (Lipinski definition) is 5. The number of nitrogens with two attached hydrogens (primary N) is 1. The summed E-state index contributed by atoms with van der Waals surface area (Å²) in [6.45, 7) is 12.4. The molecule has 1 aliphatic carbocycles. The topological polar surface area (TPSA) is 195 Å². The first-order chi connectivity index (χ1) is 27.6. The highest BCUT2D eigenvalue weighted by Gasteiger charge is 2.67. The minimum atomic E-state index is -0.952. The molecule has 4 aromatic rings. The average molecular weight is 781 g/mol. The van der Waals surface area contributed by atoms with Crippen molar-refractivity contribution in [2.75, 3.05) is 11.9 Å². The second-order valence-electron chi connectivity index (χ2n) is 16.2. The van der Waals surface area contributed by atoms with Crippen LogP contribution >= 0.6 is 0 Å². The molecule has 0 radical (unpaired) electrons. The average Bonchev–Trinajstić information content (AvgIpc) is 3.85. The van der Waals surface area contributed by atoms with Crippen molar-refractivity contribution in [3.05, 3.63) is 104 Å². The first-order valence-electron chi connectivity index (χ1n) is 19.9. The number of amides is 1. The van der Waals surface area contributed by atoms with Gasteiger partial charge in [-0.1, -0.05) is 13.8 Å². The van der Waals surface area contributed by atoms with Gasteiger partial charge in [-0.3, -0.25) is 24.2 Å². The van der Waals surface area contributed by atoms with E-state index >= 15 is 0 Å². The molecule has 1 aromatic carbocycles. The molecule has 0 saturated heterocycles.